The van der Waals surface area contributed by atoms with Crippen LogP contribution in [0.4, 0.5) is 0 Å². The van der Waals surface area contributed by atoms with Gasteiger partial charge in [0.15, 0.2) is 10.8 Å². The molecule has 0 aliphatic carbocycles. The van der Waals surface area contributed by atoms with Gasteiger partial charge < -0.3 is 4.42 Å². The van der Waals surface area contributed by atoms with Crippen LogP contribution in [0.5, 0.6) is 0 Å². The second-order valence-electron chi connectivity index (χ2n) is 7.34. The number of furan rings is 1. The molecule has 0 radical (unpaired) electrons. The summed E-state index contributed by atoms with van der Waals surface area (Å²) < 4.78 is 8.15. The normalized spacial score (nSPS) is 11.8. The molecule has 0 aliphatic heterocycles. The minimum Gasteiger partial charge on any atom is -0.452 e. The number of carbonyl (C=O) groups excluding carboxylic acids is 2. The summed E-state index contributed by atoms with van der Waals surface area (Å²) in [7, 11) is 0. The number of nitrogens with zero attached hydrogens (tertiary/aromatic N) is 3. The number of halogens is 1. The average Bonchev–Trinajstić information content (AvgIpc) is 3.44. The van der Waals surface area contributed by atoms with E-state index in [1.165, 1.54) is 4.68 Å². The Morgan fingerprint density at radius 2 is 1.76 bits per heavy atom. The zero-order valence-electron chi connectivity index (χ0n) is 17.4. The lowest BCUT2D eigenvalue weighted by Gasteiger charge is -2.01. The van der Waals surface area contributed by atoms with E-state index in [0.717, 1.165) is 26.8 Å². The molecule has 2 heterocycles. The van der Waals surface area contributed by atoms with Gasteiger partial charge in [-0.3, -0.25) is 9.59 Å². The van der Waals surface area contributed by atoms with E-state index in [2.05, 4.69) is 26.0 Å². The van der Waals surface area contributed by atoms with Gasteiger partial charge >= 0.3 is 0 Å². The molecule has 0 N–H and O–H groups in total. The Labute approximate surface area is 201 Å². The zero-order valence-corrected chi connectivity index (χ0v) is 19.8. The zero-order chi connectivity index (χ0) is 22.9. The third-order valence-electron chi connectivity index (χ3n) is 4.95. The summed E-state index contributed by atoms with van der Waals surface area (Å²) in [6.45, 7) is 1.98. The Bertz CT molecular complexity index is 1560. The number of amides is 1. The van der Waals surface area contributed by atoms with Crippen LogP contribution in [0.25, 0.3) is 16.7 Å². The smallest absolute Gasteiger partial charge is 0.279 e. The number of aromatic nitrogens is 2. The molecule has 2 aromatic heterocycles. The summed E-state index contributed by atoms with van der Waals surface area (Å²) >= 11 is 4.47. The fraction of sp³-hybridized carbons (Fsp3) is 0.0400. The number of ketones is 1. The first-order chi connectivity index (χ1) is 16.0. The van der Waals surface area contributed by atoms with Gasteiger partial charge in [-0.15, -0.1) is 0 Å². The Balaban J connectivity index is 1.61. The van der Waals surface area contributed by atoms with Crippen molar-refractivity contribution in [1.29, 1.82) is 0 Å². The fourth-order valence-corrected chi connectivity index (χ4v) is 4.49. The molecule has 6 nitrogen and oxygen atoms in total. The standard InChI is InChI=1S/C25H16BrN3O3S/c1-15-7-10-19(11-8-15)29-25(27-23(31)16-5-3-2-4-6-16)33-24(28-29)22(30)21-14-17-13-18(26)9-12-20(17)32-21/h2-14H,1H3. The second kappa shape index (κ2) is 8.73. The molecule has 162 valence electrons. The SMILES string of the molecule is Cc1ccc(-n2nc(C(=O)c3cc4cc(Br)ccc4o3)sc2=NC(=O)c2ccccc2)cc1. The average molecular weight is 518 g/mol. The van der Waals surface area contributed by atoms with Crippen LogP contribution in [0.3, 0.4) is 0 Å². The Morgan fingerprint density at radius 1 is 1.00 bits per heavy atom. The highest BCUT2D eigenvalue weighted by Crippen LogP contribution is 2.25. The van der Waals surface area contributed by atoms with Crippen LogP contribution in [-0.4, -0.2) is 21.5 Å². The molecule has 0 fully saturated rings. The van der Waals surface area contributed by atoms with Crippen LogP contribution in [0, 0.1) is 6.92 Å². The number of fused-ring (bicyclic) bond motifs is 1. The van der Waals surface area contributed by atoms with Crippen LogP contribution in [-0.2, 0) is 0 Å². The number of aryl methyl sites for hydroxylation is 1. The third-order valence-corrected chi connectivity index (χ3v) is 6.35. The van der Waals surface area contributed by atoms with Crippen molar-refractivity contribution in [1.82, 2.24) is 9.78 Å². The van der Waals surface area contributed by atoms with Crippen molar-refractivity contribution in [3.05, 3.63) is 110 Å². The van der Waals surface area contributed by atoms with Crippen LogP contribution >= 0.6 is 27.3 Å². The molecule has 0 saturated carbocycles. The van der Waals surface area contributed by atoms with Crippen molar-refractivity contribution in [3.63, 3.8) is 0 Å². The summed E-state index contributed by atoms with van der Waals surface area (Å²) in [5.74, 6) is -0.608. The minimum absolute atomic E-state index is 0.174. The van der Waals surface area contributed by atoms with Gasteiger partial charge in [0.25, 0.3) is 11.7 Å². The predicted molar refractivity (Wildman–Crippen MR) is 130 cm³/mol. The van der Waals surface area contributed by atoms with E-state index in [1.54, 1.807) is 36.4 Å². The first-order valence-corrected chi connectivity index (χ1v) is 11.6. The Kier molecular flexibility index (Phi) is 5.62. The Morgan fingerprint density at radius 3 is 2.52 bits per heavy atom. The largest absolute Gasteiger partial charge is 0.452 e. The molecule has 0 unspecified atom stereocenters. The van der Waals surface area contributed by atoms with E-state index in [4.69, 9.17) is 4.42 Å². The molecule has 33 heavy (non-hydrogen) atoms. The summed E-state index contributed by atoms with van der Waals surface area (Å²) in [6.07, 6.45) is 0. The summed E-state index contributed by atoms with van der Waals surface area (Å²) in [6, 6.07) is 23.6. The van der Waals surface area contributed by atoms with Crippen molar-refractivity contribution in [2.24, 2.45) is 4.99 Å². The van der Waals surface area contributed by atoms with Gasteiger partial charge in [0.2, 0.25) is 4.80 Å². The number of benzene rings is 3. The lowest BCUT2D eigenvalue weighted by molar-refractivity contribution is 0.0995. The quantitative estimate of drug-likeness (QED) is 0.285. The van der Waals surface area contributed by atoms with E-state index >= 15 is 0 Å². The summed E-state index contributed by atoms with van der Waals surface area (Å²) in [5, 5.41) is 5.47. The van der Waals surface area contributed by atoms with E-state index in [1.807, 2.05) is 49.4 Å². The van der Waals surface area contributed by atoms with E-state index < -0.39 is 5.91 Å². The monoisotopic (exact) mass is 517 g/mol. The lowest BCUT2D eigenvalue weighted by Crippen LogP contribution is -2.16. The number of hydrogen-bond acceptors (Lipinski definition) is 5. The first kappa shape index (κ1) is 21.2. The molecule has 0 bridgehead atoms. The van der Waals surface area contributed by atoms with Gasteiger partial charge in [-0.1, -0.05) is 63.2 Å². The molecular weight excluding hydrogens is 502 g/mol. The fourth-order valence-electron chi connectivity index (χ4n) is 3.26. The van der Waals surface area contributed by atoms with Crippen molar-refractivity contribution in [3.8, 4) is 5.69 Å². The Hall–Kier alpha value is -3.62. The summed E-state index contributed by atoms with van der Waals surface area (Å²) in [4.78, 5) is 30.5. The highest BCUT2D eigenvalue weighted by atomic mass is 79.9. The summed E-state index contributed by atoms with van der Waals surface area (Å²) in [5.41, 5.74) is 2.84. The number of hydrogen-bond donors (Lipinski definition) is 0. The molecular formula is C25H16BrN3O3S. The lowest BCUT2D eigenvalue weighted by atomic mass is 10.2. The van der Waals surface area contributed by atoms with Crippen LogP contribution in [0.1, 0.15) is 31.5 Å². The molecule has 1 amide bonds. The molecule has 8 heteroatoms. The molecule has 5 rings (SSSR count). The topological polar surface area (TPSA) is 77.5 Å². The van der Waals surface area contributed by atoms with Crippen LogP contribution in [0.2, 0.25) is 0 Å². The van der Waals surface area contributed by atoms with Crippen LogP contribution < -0.4 is 4.80 Å². The van der Waals surface area contributed by atoms with Gasteiger partial charge in [-0.25, -0.2) is 4.68 Å². The molecule has 0 aliphatic rings. The van der Waals surface area contributed by atoms with E-state index in [9.17, 15) is 9.59 Å². The van der Waals surface area contributed by atoms with Crippen molar-refractivity contribution < 1.29 is 14.0 Å². The molecule has 5 aromatic rings. The van der Waals surface area contributed by atoms with E-state index in [-0.39, 0.29) is 16.6 Å². The van der Waals surface area contributed by atoms with Gasteiger partial charge in [0.1, 0.15) is 5.58 Å². The molecule has 0 saturated heterocycles. The maximum Gasteiger partial charge on any atom is 0.279 e. The maximum atomic E-state index is 13.2. The van der Waals surface area contributed by atoms with Gasteiger partial charge in [0, 0.05) is 15.4 Å². The maximum absolute atomic E-state index is 13.2. The van der Waals surface area contributed by atoms with Crippen molar-refractivity contribution in [2.75, 3.05) is 0 Å². The van der Waals surface area contributed by atoms with Crippen LogP contribution in [0.15, 0.2) is 92.7 Å². The molecule has 3 aromatic carbocycles. The van der Waals surface area contributed by atoms with Crippen molar-refractivity contribution in [2.45, 2.75) is 6.92 Å². The number of carbonyl (C=O) groups is 2. The molecule has 0 spiro atoms. The number of rotatable bonds is 4. The van der Waals surface area contributed by atoms with Crippen molar-refractivity contribution >= 4 is 49.9 Å². The van der Waals surface area contributed by atoms with Gasteiger partial charge in [-0.2, -0.15) is 10.1 Å². The van der Waals surface area contributed by atoms with Gasteiger partial charge in [-0.05, 0) is 55.5 Å². The highest BCUT2D eigenvalue weighted by molar-refractivity contribution is 9.10. The highest BCUT2D eigenvalue weighted by Gasteiger charge is 2.21. The van der Waals surface area contributed by atoms with E-state index in [0.29, 0.717) is 21.6 Å². The second-order valence-corrected chi connectivity index (χ2v) is 9.21. The molecule has 0 atom stereocenters. The minimum atomic E-state index is -0.410. The predicted octanol–water partition coefficient (Wildman–Crippen LogP) is 5.72. The third kappa shape index (κ3) is 4.35. The first-order valence-electron chi connectivity index (χ1n) is 10.0. The van der Waals surface area contributed by atoms with Gasteiger partial charge in [0.05, 0.1) is 5.69 Å².